The molecule has 0 fully saturated rings. The number of nitrogens with one attached hydrogen (secondary N) is 1. The molecule has 1 unspecified atom stereocenters. The first-order chi connectivity index (χ1) is 9.85. The topological polar surface area (TPSA) is 79.3 Å². The van der Waals surface area contributed by atoms with Gasteiger partial charge >= 0.3 is 5.97 Å². The molecule has 0 aliphatic rings. The molecule has 5 nitrogen and oxygen atoms in total. The molecular weight excluding hydrogens is 288 g/mol. The van der Waals surface area contributed by atoms with E-state index in [4.69, 9.17) is 0 Å². The number of amides is 1. The molecule has 1 rings (SSSR count). The fourth-order valence-corrected chi connectivity index (χ4v) is 2.91. The van der Waals surface area contributed by atoms with Crippen molar-refractivity contribution in [3.05, 3.63) is 15.6 Å². The molecule has 118 valence electrons. The SMILES string of the molecule is CCCCC(NC(=O)c1sc(C)nc1CC(C)C)C(=O)O. The first-order valence-corrected chi connectivity index (χ1v) is 8.16. The van der Waals surface area contributed by atoms with Crippen LogP contribution in [0.15, 0.2) is 0 Å². The minimum atomic E-state index is -0.983. The van der Waals surface area contributed by atoms with Crippen molar-refractivity contribution in [3.8, 4) is 0 Å². The van der Waals surface area contributed by atoms with Crippen LogP contribution in [0.4, 0.5) is 0 Å². The second kappa shape index (κ2) is 8.12. The highest BCUT2D eigenvalue weighted by Crippen LogP contribution is 2.21. The van der Waals surface area contributed by atoms with Gasteiger partial charge in [0.05, 0.1) is 10.7 Å². The average Bonchev–Trinajstić information content (AvgIpc) is 2.73. The van der Waals surface area contributed by atoms with E-state index in [2.05, 4.69) is 24.1 Å². The zero-order valence-electron chi connectivity index (χ0n) is 13.1. The lowest BCUT2D eigenvalue weighted by Crippen LogP contribution is -2.40. The first-order valence-electron chi connectivity index (χ1n) is 7.35. The van der Waals surface area contributed by atoms with E-state index in [-0.39, 0.29) is 5.91 Å². The van der Waals surface area contributed by atoms with Crippen LogP contribution in [0.25, 0.3) is 0 Å². The first kappa shape index (κ1) is 17.6. The molecule has 0 radical (unpaired) electrons. The fourth-order valence-electron chi connectivity index (χ4n) is 2.06. The van der Waals surface area contributed by atoms with Crippen molar-refractivity contribution < 1.29 is 14.7 Å². The molecule has 2 N–H and O–H groups in total. The standard InChI is InChI=1S/C15H24N2O3S/c1-5-6-7-11(15(19)20)17-14(18)13-12(8-9(2)3)16-10(4)21-13/h9,11H,5-8H2,1-4H3,(H,17,18)(H,19,20). The number of hydrogen-bond donors (Lipinski definition) is 2. The van der Waals surface area contributed by atoms with Gasteiger partial charge < -0.3 is 10.4 Å². The van der Waals surface area contributed by atoms with Crippen molar-refractivity contribution in [2.75, 3.05) is 0 Å². The minimum absolute atomic E-state index is 0.320. The number of carboxylic acid groups (broad SMARTS) is 1. The van der Waals surface area contributed by atoms with E-state index in [1.807, 2.05) is 13.8 Å². The lowest BCUT2D eigenvalue weighted by molar-refractivity contribution is -0.139. The van der Waals surface area contributed by atoms with Crippen molar-refractivity contribution in [1.29, 1.82) is 0 Å². The van der Waals surface area contributed by atoms with Crippen molar-refractivity contribution in [2.45, 2.75) is 59.4 Å². The highest BCUT2D eigenvalue weighted by Gasteiger charge is 2.23. The van der Waals surface area contributed by atoms with Crippen LogP contribution >= 0.6 is 11.3 Å². The Morgan fingerprint density at radius 2 is 2.05 bits per heavy atom. The molecule has 1 atom stereocenters. The Balaban J connectivity index is 2.84. The molecule has 0 bridgehead atoms. The average molecular weight is 312 g/mol. The van der Waals surface area contributed by atoms with Gasteiger partial charge in [0.25, 0.3) is 5.91 Å². The molecule has 0 aromatic carbocycles. The molecule has 1 heterocycles. The quantitative estimate of drug-likeness (QED) is 0.773. The zero-order chi connectivity index (χ0) is 16.0. The maximum atomic E-state index is 12.3. The summed E-state index contributed by atoms with van der Waals surface area (Å²) in [5.74, 6) is -0.906. The van der Waals surface area contributed by atoms with Gasteiger partial charge in [-0.15, -0.1) is 11.3 Å². The van der Waals surface area contributed by atoms with Gasteiger partial charge in [-0.25, -0.2) is 9.78 Å². The van der Waals surface area contributed by atoms with Crippen LogP contribution in [0.5, 0.6) is 0 Å². The number of carbonyl (C=O) groups excluding carboxylic acids is 1. The van der Waals surface area contributed by atoms with E-state index < -0.39 is 12.0 Å². The molecular formula is C15H24N2O3S. The van der Waals surface area contributed by atoms with Crippen LogP contribution in [0.2, 0.25) is 0 Å². The lowest BCUT2D eigenvalue weighted by atomic mass is 10.1. The summed E-state index contributed by atoms with van der Waals surface area (Å²) in [7, 11) is 0. The smallest absolute Gasteiger partial charge is 0.326 e. The number of unbranched alkanes of at least 4 members (excludes halogenated alkanes) is 1. The summed E-state index contributed by atoms with van der Waals surface area (Å²) in [6.07, 6.45) is 2.85. The van der Waals surface area contributed by atoms with Gasteiger partial charge in [0, 0.05) is 0 Å². The maximum absolute atomic E-state index is 12.3. The van der Waals surface area contributed by atoms with E-state index in [1.54, 1.807) is 0 Å². The zero-order valence-corrected chi connectivity index (χ0v) is 13.9. The summed E-state index contributed by atoms with van der Waals surface area (Å²) in [4.78, 5) is 28.5. The third kappa shape index (κ3) is 5.46. The Morgan fingerprint density at radius 1 is 1.38 bits per heavy atom. The Bertz CT molecular complexity index is 497. The highest BCUT2D eigenvalue weighted by atomic mass is 32.1. The van der Waals surface area contributed by atoms with Crippen molar-refractivity contribution in [2.24, 2.45) is 5.92 Å². The number of carbonyl (C=O) groups is 2. The normalized spacial score (nSPS) is 12.4. The molecule has 1 aromatic heterocycles. The van der Waals surface area contributed by atoms with Gasteiger partial charge in [0.2, 0.25) is 0 Å². The predicted octanol–water partition coefficient (Wildman–Crippen LogP) is 3.02. The van der Waals surface area contributed by atoms with Crippen LogP contribution in [0.3, 0.4) is 0 Å². The Kier molecular flexibility index (Phi) is 6.81. The van der Waals surface area contributed by atoms with Crippen LogP contribution in [0, 0.1) is 12.8 Å². The van der Waals surface area contributed by atoms with E-state index in [0.717, 1.165) is 30.0 Å². The molecule has 0 aliphatic carbocycles. The summed E-state index contributed by atoms with van der Waals surface area (Å²) >= 11 is 1.33. The number of nitrogens with zero attached hydrogens (tertiary/aromatic N) is 1. The number of thiazole rings is 1. The Labute approximate surface area is 129 Å². The molecule has 0 spiro atoms. The maximum Gasteiger partial charge on any atom is 0.326 e. The number of aryl methyl sites for hydroxylation is 1. The third-order valence-corrected chi connectivity index (χ3v) is 4.07. The van der Waals surface area contributed by atoms with Gasteiger partial charge in [0.15, 0.2) is 0 Å². The largest absolute Gasteiger partial charge is 0.480 e. The lowest BCUT2D eigenvalue weighted by Gasteiger charge is -2.14. The minimum Gasteiger partial charge on any atom is -0.480 e. The summed E-state index contributed by atoms with van der Waals surface area (Å²) in [5, 5.41) is 12.6. The van der Waals surface area contributed by atoms with Gasteiger partial charge in [-0.2, -0.15) is 0 Å². The predicted molar refractivity (Wildman–Crippen MR) is 83.8 cm³/mol. The van der Waals surface area contributed by atoms with Crippen molar-refractivity contribution >= 4 is 23.2 Å². The van der Waals surface area contributed by atoms with Crippen molar-refractivity contribution in [3.63, 3.8) is 0 Å². The van der Waals surface area contributed by atoms with E-state index in [1.165, 1.54) is 11.3 Å². The number of aromatic nitrogens is 1. The van der Waals surface area contributed by atoms with E-state index in [9.17, 15) is 14.7 Å². The van der Waals surface area contributed by atoms with Gasteiger partial charge in [-0.3, -0.25) is 4.79 Å². The second-order valence-corrected chi connectivity index (χ2v) is 6.82. The van der Waals surface area contributed by atoms with Crippen LogP contribution in [-0.2, 0) is 11.2 Å². The monoisotopic (exact) mass is 312 g/mol. The van der Waals surface area contributed by atoms with Crippen LogP contribution in [0.1, 0.15) is 60.4 Å². The van der Waals surface area contributed by atoms with E-state index >= 15 is 0 Å². The number of rotatable bonds is 8. The van der Waals surface area contributed by atoms with Gasteiger partial charge in [-0.05, 0) is 25.7 Å². The summed E-state index contributed by atoms with van der Waals surface area (Å²) < 4.78 is 0. The van der Waals surface area contributed by atoms with Crippen LogP contribution < -0.4 is 5.32 Å². The van der Waals surface area contributed by atoms with Crippen LogP contribution in [-0.4, -0.2) is 28.0 Å². The molecule has 0 saturated carbocycles. The summed E-state index contributed by atoms with van der Waals surface area (Å²) in [6.45, 7) is 7.99. The summed E-state index contributed by atoms with van der Waals surface area (Å²) in [6, 6.07) is -0.827. The molecule has 0 saturated heterocycles. The van der Waals surface area contributed by atoms with Gasteiger partial charge in [0.1, 0.15) is 10.9 Å². The molecule has 0 aliphatic heterocycles. The molecule has 1 aromatic rings. The molecule has 21 heavy (non-hydrogen) atoms. The highest BCUT2D eigenvalue weighted by molar-refractivity contribution is 7.13. The fraction of sp³-hybridized carbons (Fsp3) is 0.667. The second-order valence-electron chi connectivity index (χ2n) is 5.61. The third-order valence-electron chi connectivity index (χ3n) is 3.06. The van der Waals surface area contributed by atoms with Gasteiger partial charge in [-0.1, -0.05) is 33.6 Å². The number of hydrogen-bond acceptors (Lipinski definition) is 4. The molecule has 6 heteroatoms. The van der Waals surface area contributed by atoms with Crippen molar-refractivity contribution in [1.82, 2.24) is 10.3 Å². The number of aliphatic carboxylic acids is 1. The summed E-state index contributed by atoms with van der Waals surface area (Å²) in [5.41, 5.74) is 0.768. The number of carboxylic acids is 1. The Hall–Kier alpha value is -1.43. The Morgan fingerprint density at radius 3 is 2.57 bits per heavy atom. The van der Waals surface area contributed by atoms with E-state index in [0.29, 0.717) is 17.2 Å². The molecule has 1 amide bonds.